The number of aliphatic hydroxyl groups excluding tert-OH is 1. The minimum Gasteiger partial charge on any atom is -0.393 e. The third-order valence-corrected chi connectivity index (χ3v) is 6.84. The predicted octanol–water partition coefficient (Wildman–Crippen LogP) is 2.79. The van der Waals surface area contributed by atoms with Crippen molar-refractivity contribution in [2.24, 2.45) is 11.3 Å². The van der Waals surface area contributed by atoms with Crippen LogP contribution in [0.4, 0.5) is 0 Å². The van der Waals surface area contributed by atoms with Crippen LogP contribution in [0.15, 0.2) is 0 Å². The van der Waals surface area contributed by atoms with E-state index < -0.39 is 6.10 Å². The lowest BCUT2D eigenvalue weighted by atomic mass is 9.81. The molecule has 2 atom stereocenters. The van der Waals surface area contributed by atoms with Crippen molar-refractivity contribution in [2.45, 2.75) is 44.8 Å². The fraction of sp³-hybridized carbons (Fsp3) is 0.917. The highest BCUT2D eigenvalue weighted by Crippen LogP contribution is 2.44. The maximum Gasteiger partial charge on any atom is 0.145 e. The van der Waals surface area contributed by atoms with Crippen molar-refractivity contribution in [3.63, 3.8) is 0 Å². The Labute approximate surface area is 107 Å². The molecule has 0 aromatic carbocycles. The highest BCUT2D eigenvalue weighted by Gasteiger charge is 2.41. The molecule has 0 aromatic heterocycles. The summed E-state index contributed by atoms with van der Waals surface area (Å²) in [5.41, 5.74) is -0.341. The molecule has 1 N–H and O–H groups in total. The maximum atomic E-state index is 12.3. The van der Waals surface area contributed by atoms with E-state index in [0.29, 0.717) is 4.58 Å². The largest absolute Gasteiger partial charge is 0.393 e. The zero-order chi connectivity index (χ0) is 12.3. The molecule has 0 amide bonds. The van der Waals surface area contributed by atoms with E-state index >= 15 is 0 Å². The quantitative estimate of drug-likeness (QED) is 0.845. The van der Waals surface area contributed by atoms with E-state index in [1.807, 2.05) is 44.3 Å². The minimum atomic E-state index is -0.551. The zero-order valence-electron chi connectivity index (χ0n) is 10.5. The van der Waals surface area contributed by atoms with Gasteiger partial charge in [-0.1, -0.05) is 20.8 Å². The topological polar surface area (TPSA) is 37.3 Å². The third-order valence-electron chi connectivity index (χ3n) is 3.19. The van der Waals surface area contributed by atoms with Crippen molar-refractivity contribution in [1.29, 1.82) is 0 Å². The molecule has 1 aliphatic heterocycles. The highest BCUT2D eigenvalue weighted by molar-refractivity contribution is 8.17. The number of rotatable bonds is 4. The summed E-state index contributed by atoms with van der Waals surface area (Å²) in [7, 11) is 0. The zero-order valence-corrected chi connectivity index (χ0v) is 12.2. The first-order valence-corrected chi connectivity index (χ1v) is 7.92. The van der Waals surface area contributed by atoms with Crippen LogP contribution in [0.25, 0.3) is 0 Å². The molecule has 0 saturated carbocycles. The Morgan fingerprint density at radius 3 is 2.25 bits per heavy atom. The molecule has 16 heavy (non-hydrogen) atoms. The summed E-state index contributed by atoms with van der Waals surface area (Å²) in [6.07, 6.45) is 0.688. The molecule has 1 aliphatic rings. The van der Waals surface area contributed by atoms with Crippen molar-refractivity contribution >= 4 is 29.3 Å². The Balaban J connectivity index is 2.71. The van der Waals surface area contributed by atoms with Crippen LogP contribution in [0, 0.1) is 11.3 Å². The van der Waals surface area contributed by atoms with Crippen LogP contribution in [0.2, 0.25) is 0 Å². The number of ketones is 1. The van der Waals surface area contributed by atoms with E-state index in [2.05, 4.69) is 0 Å². The first kappa shape index (κ1) is 14.4. The summed E-state index contributed by atoms with van der Waals surface area (Å²) in [5.74, 6) is 2.22. The van der Waals surface area contributed by atoms with Gasteiger partial charge in [-0.2, -0.15) is 0 Å². The summed E-state index contributed by atoms with van der Waals surface area (Å²) >= 11 is 3.78. The SMILES string of the molecule is C[C@H](O)[C@@H](C)C(=O)C(C)(C)C1SCCCS1. The fourth-order valence-electron chi connectivity index (χ4n) is 1.83. The molecule has 94 valence electrons. The van der Waals surface area contributed by atoms with Gasteiger partial charge >= 0.3 is 0 Å². The summed E-state index contributed by atoms with van der Waals surface area (Å²) in [4.78, 5) is 12.3. The molecule has 0 bridgehead atoms. The maximum absolute atomic E-state index is 12.3. The van der Waals surface area contributed by atoms with Gasteiger partial charge in [0.15, 0.2) is 0 Å². The van der Waals surface area contributed by atoms with Crippen LogP contribution in [0.1, 0.15) is 34.1 Å². The second-order valence-electron chi connectivity index (χ2n) is 5.04. The van der Waals surface area contributed by atoms with Crippen LogP contribution in [-0.2, 0) is 4.79 Å². The molecule has 1 saturated heterocycles. The monoisotopic (exact) mass is 262 g/mol. The molecule has 1 heterocycles. The molecular weight excluding hydrogens is 240 g/mol. The van der Waals surface area contributed by atoms with E-state index in [9.17, 15) is 9.90 Å². The van der Waals surface area contributed by atoms with Crippen LogP contribution in [-0.4, -0.2) is 33.1 Å². The fourth-order valence-corrected chi connectivity index (χ4v) is 5.09. The van der Waals surface area contributed by atoms with Gasteiger partial charge in [0.25, 0.3) is 0 Å². The molecule has 2 nitrogen and oxygen atoms in total. The number of carbonyl (C=O) groups is 1. The summed E-state index contributed by atoms with van der Waals surface area (Å²) in [6, 6.07) is 0. The lowest BCUT2D eigenvalue weighted by molar-refractivity contribution is -0.133. The van der Waals surface area contributed by atoms with Gasteiger partial charge in [-0.25, -0.2) is 0 Å². The molecule has 1 rings (SSSR count). The van der Waals surface area contributed by atoms with Crippen molar-refractivity contribution < 1.29 is 9.90 Å². The van der Waals surface area contributed by atoms with Gasteiger partial charge in [0.1, 0.15) is 5.78 Å². The molecule has 0 radical (unpaired) electrons. The summed E-state index contributed by atoms with van der Waals surface area (Å²) < 4.78 is 0.343. The van der Waals surface area contributed by atoms with E-state index in [1.165, 1.54) is 6.42 Å². The number of hydrogen-bond donors (Lipinski definition) is 1. The molecule has 0 aliphatic carbocycles. The van der Waals surface area contributed by atoms with Gasteiger partial charge < -0.3 is 5.11 Å². The van der Waals surface area contributed by atoms with Crippen molar-refractivity contribution in [3.8, 4) is 0 Å². The smallest absolute Gasteiger partial charge is 0.145 e. The number of thioether (sulfide) groups is 2. The second kappa shape index (κ2) is 5.78. The Bertz CT molecular complexity index is 245. The molecule has 0 aromatic rings. The lowest BCUT2D eigenvalue weighted by Crippen LogP contribution is -2.41. The Morgan fingerprint density at radius 2 is 1.81 bits per heavy atom. The normalized spacial score (nSPS) is 22.8. The van der Waals surface area contributed by atoms with Crippen LogP contribution >= 0.6 is 23.5 Å². The van der Waals surface area contributed by atoms with Crippen LogP contribution < -0.4 is 0 Å². The highest BCUT2D eigenvalue weighted by atomic mass is 32.2. The van der Waals surface area contributed by atoms with Gasteiger partial charge in [0.05, 0.1) is 10.7 Å². The number of aliphatic hydroxyl groups is 1. The average molecular weight is 262 g/mol. The van der Waals surface area contributed by atoms with Gasteiger partial charge in [-0.15, -0.1) is 23.5 Å². The number of hydrogen-bond acceptors (Lipinski definition) is 4. The van der Waals surface area contributed by atoms with Gasteiger partial charge in [-0.05, 0) is 24.9 Å². The van der Waals surface area contributed by atoms with Crippen molar-refractivity contribution in [1.82, 2.24) is 0 Å². The Hall–Kier alpha value is 0.330. The van der Waals surface area contributed by atoms with Gasteiger partial charge in [0, 0.05) is 11.3 Å². The minimum absolute atomic E-state index is 0.189. The van der Waals surface area contributed by atoms with E-state index in [4.69, 9.17) is 0 Å². The van der Waals surface area contributed by atoms with Crippen LogP contribution in [0.3, 0.4) is 0 Å². The van der Waals surface area contributed by atoms with Gasteiger partial charge in [-0.3, -0.25) is 4.79 Å². The predicted molar refractivity (Wildman–Crippen MR) is 73.0 cm³/mol. The third kappa shape index (κ3) is 3.17. The molecule has 4 heteroatoms. The second-order valence-corrected chi connectivity index (χ2v) is 7.77. The first-order chi connectivity index (χ1) is 7.37. The van der Waals surface area contributed by atoms with E-state index in [-0.39, 0.29) is 17.1 Å². The Kier molecular flexibility index (Phi) is 5.20. The summed E-state index contributed by atoms with van der Waals surface area (Å²) in [5, 5.41) is 9.52. The Morgan fingerprint density at radius 1 is 1.31 bits per heavy atom. The van der Waals surface area contributed by atoms with E-state index in [1.54, 1.807) is 6.92 Å². The number of Topliss-reactive ketones (excluding diaryl/α,β-unsaturated/α-hetero) is 1. The molecular formula is C12H22O2S2. The first-order valence-electron chi connectivity index (χ1n) is 5.83. The van der Waals surface area contributed by atoms with Gasteiger partial charge in [0.2, 0.25) is 0 Å². The van der Waals surface area contributed by atoms with Crippen LogP contribution in [0.5, 0.6) is 0 Å². The summed E-state index contributed by atoms with van der Waals surface area (Å²) in [6.45, 7) is 7.56. The van der Waals surface area contributed by atoms with Crippen molar-refractivity contribution in [3.05, 3.63) is 0 Å². The molecule has 0 spiro atoms. The van der Waals surface area contributed by atoms with Crippen molar-refractivity contribution in [2.75, 3.05) is 11.5 Å². The number of carbonyl (C=O) groups excluding carboxylic acids is 1. The standard InChI is InChI=1S/C12H22O2S2/c1-8(9(2)13)10(14)12(3,4)11-15-6-5-7-16-11/h8-9,11,13H,5-7H2,1-4H3/t8-,9+/m1/s1. The van der Waals surface area contributed by atoms with E-state index in [0.717, 1.165) is 11.5 Å². The average Bonchev–Trinajstić information content (AvgIpc) is 2.28. The lowest BCUT2D eigenvalue weighted by Gasteiger charge is -2.36. The molecule has 0 unspecified atom stereocenters. The molecule has 1 fully saturated rings.